The standard InChI is InChI=1S/C12H24N4/c1-14-12(8-13)5-7-16(3)10-11-4-6-15(2)9-11/h11-12,14H,4-7,9-10H2,1-3H3. The molecule has 1 aliphatic heterocycles. The Labute approximate surface area is 99.2 Å². The molecule has 0 radical (unpaired) electrons. The van der Waals surface area contributed by atoms with Crippen LogP contribution in [-0.2, 0) is 0 Å². The van der Waals surface area contributed by atoms with Crippen molar-refractivity contribution in [2.45, 2.75) is 18.9 Å². The highest BCUT2D eigenvalue weighted by Gasteiger charge is 2.20. The maximum absolute atomic E-state index is 8.82. The molecule has 1 N–H and O–H groups in total. The van der Waals surface area contributed by atoms with Crippen LogP contribution in [0.4, 0.5) is 0 Å². The number of nitrogens with zero attached hydrogens (tertiary/aromatic N) is 3. The van der Waals surface area contributed by atoms with E-state index in [1.807, 2.05) is 7.05 Å². The van der Waals surface area contributed by atoms with Gasteiger partial charge in [-0.25, -0.2) is 0 Å². The maximum Gasteiger partial charge on any atom is 0.0962 e. The smallest absolute Gasteiger partial charge is 0.0962 e. The topological polar surface area (TPSA) is 42.3 Å². The van der Waals surface area contributed by atoms with Crippen LogP contribution in [0.1, 0.15) is 12.8 Å². The minimum absolute atomic E-state index is 0.00583. The summed E-state index contributed by atoms with van der Waals surface area (Å²) in [4.78, 5) is 4.75. The van der Waals surface area contributed by atoms with Gasteiger partial charge in [0.25, 0.3) is 0 Å². The quantitative estimate of drug-likeness (QED) is 0.708. The number of nitrogens with one attached hydrogen (secondary N) is 1. The molecule has 1 rings (SSSR count). The van der Waals surface area contributed by atoms with Gasteiger partial charge in [-0.3, -0.25) is 0 Å². The molecule has 4 heteroatoms. The van der Waals surface area contributed by atoms with Gasteiger partial charge in [-0.15, -0.1) is 0 Å². The van der Waals surface area contributed by atoms with Crippen LogP contribution in [0.2, 0.25) is 0 Å². The second-order valence-corrected chi connectivity index (χ2v) is 4.94. The summed E-state index contributed by atoms with van der Waals surface area (Å²) in [6.45, 7) is 4.61. The summed E-state index contributed by atoms with van der Waals surface area (Å²) in [7, 11) is 6.19. The molecule has 0 saturated carbocycles. The zero-order valence-electron chi connectivity index (χ0n) is 10.7. The van der Waals surface area contributed by atoms with Crippen LogP contribution in [0.25, 0.3) is 0 Å². The highest BCUT2D eigenvalue weighted by atomic mass is 15.1. The summed E-state index contributed by atoms with van der Waals surface area (Å²) in [6.07, 6.45) is 2.22. The van der Waals surface area contributed by atoms with E-state index >= 15 is 0 Å². The molecule has 0 amide bonds. The van der Waals surface area contributed by atoms with E-state index in [1.165, 1.54) is 19.5 Å². The lowest BCUT2D eigenvalue weighted by Gasteiger charge is -2.21. The summed E-state index contributed by atoms with van der Waals surface area (Å²) in [5.74, 6) is 0.810. The largest absolute Gasteiger partial charge is 0.306 e. The van der Waals surface area contributed by atoms with E-state index in [-0.39, 0.29) is 6.04 Å². The molecule has 0 spiro atoms. The average molecular weight is 224 g/mol. The van der Waals surface area contributed by atoms with Crippen molar-refractivity contribution in [3.05, 3.63) is 0 Å². The minimum atomic E-state index is -0.00583. The Bertz CT molecular complexity index is 236. The normalized spacial score (nSPS) is 23.6. The van der Waals surface area contributed by atoms with Gasteiger partial charge in [0.1, 0.15) is 0 Å². The molecule has 2 unspecified atom stereocenters. The summed E-state index contributed by atoms with van der Waals surface area (Å²) in [5.41, 5.74) is 0. The molecular formula is C12H24N4. The van der Waals surface area contributed by atoms with Gasteiger partial charge in [0.15, 0.2) is 0 Å². The summed E-state index contributed by atoms with van der Waals surface area (Å²) in [6, 6.07) is 2.26. The molecule has 2 atom stereocenters. The first-order valence-corrected chi connectivity index (χ1v) is 6.09. The molecule has 0 aromatic rings. The molecule has 1 saturated heterocycles. The van der Waals surface area contributed by atoms with Gasteiger partial charge < -0.3 is 15.1 Å². The highest BCUT2D eigenvalue weighted by Crippen LogP contribution is 2.15. The lowest BCUT2D eigenvalue weighted by atomic mass is 10.1. The Morgan fingerprint density at radius 2 is 2.38 bits per heavy atom. The fourth-order valence-corrected chi connectivity index (χ4v) is 2.33. The fraction of sp³-hybridized carbons (Fsp3) is 0.917. The van der Waals surface area contributed by atoms with Crippen molar-refractivity contribution >= 4 is 0 Å². The fourth-order valence-electron chi connectivity index (χ4n) is 2.33. The average Bonchev–Trinajstić information content (AvgIpc) is 2.65. The van der Waals surface area contributed by atoms with Crippen molar-refractivity contribution in [3.63, 3.8) is 0 Å². The van der Waals surface area contributed by atoms with Gasteiger partial charge in [0.05, 0.1) is 12.1 Å². The summed E-state index contributed by atoms with van der Waals surface area (Å²) >= 11 is 0. The molecule has 1 aliphatic rings. The van der Waals surface area contributed by atoms with E-state index < -0.39 is 0 Å². The van der Waals surface area contributed by atoms with Crippen LogP contribution < -0.4 is 5.32 Å². The Hall–Kier alpha value is -0.630. The third kappa shape index (κ3) is 4.48. The Morgan fingerprint density at radius 3 is 2.88 bits per heavy atom. The minimum Gasteiger partial charge on any atom is -0.306 e. The van der Waals surface area contributed by atoms with E-state index in [4.69, 9.17) is 5.26 Å². The van der Waals surface area contributed by atoms with Crippen molar-refractivity contribution in [2.75, 3.05) is 47.3 Å². The zero-order chi connectivity index (χ0) is 12.0. The van der Waals surface area contributed by atoms with Crippen molar-refractivity contribution in [2.24, 2.45) is 5.92 Å². The second kappa shape index (κ2) is 6.85. The first kappa shape index (κ1) is 13.4. The van der Waals surface area contributed by atoms with E-state index in [9.17, 15) is 0 Å². The van der Waals surface area contributed by atoms with E-state index in [0.717, 1.165) is 25.4 Å². The van der Waals surface area contributed by atoms with Crippen LogP contribution in [-0.4, -0.2) is 63.2 Å². The molecule has 0 bridgehead atoms. The molecule has 16 heavy (non-hydrogen) atoms. The lowest BCUT2D eigenvalue weighted by molar-refractivity contribution is 0.266. The van der Waals surface area contributed by atoms with E-state index in [0.29, 0.717) is 0 Å². The maximum atomic E-state index is 8.82. The zero-order valence-corrected chi connectivity index (χ0v) is 10.7. The van der Waals surface area contributed by atoms with Crippen molar-refractivity contribution in [3.8, 4) is 6.07 Å². The van der Waals surface area contributed by atoms with Crippen molar-refractivity contribution in [1.29, 1.82) is 5.26 Å². The predicted octanol–water partition coefficient (Wildman–Crippen LogP) is 0.372. The SMILES string of the molecule is CNC(C#N)CCN(C)CC1CCN(C)C1. The van der Waals surface area contributed by atoms with Crippen LogP contribution in [0.15, 0.2) is 0 Å². The van der Waals surface area contributed by atoms with Gasteiger partial charge in [-0.05, 0) is 46.4 Å². The summed E-state index contributed by atoms with van der Waals surface area (Å²) < 4.78 is 0. The molecule has 1 fully saturated rings. The Balaban J connectivity index is 2.16. The molecule has 1 heterocycles. The first-order chi connectivity index (χ1) is 7.65. The number of hydrogen-bond acceptors (Lipinski definition) is 4. The van der Waals surface area contributed by atoms with Crippen LogP contribution >= 0.6 is 0 Å². The van der Waals surface area contributed by atoms with Gasteiger partial charge in [-0.1, -0.05) is 0 Å². The Kier molecular flexibility index (Phi) is 5.75. The molecule has 92 valence electrons. The molecule has 4 nitrogen and oxygen atoms in total. The summed E-state index contributed by atoms with van der Waals surface area (Å²) in [5, 5.41) is 11.8. The van der Waals surface area contributed by atoms with Crippen LogP contribution in [0.3, 0.4) is 0 Å². The van der Waals surface area contributed by atoms with Crippen molar-refractivity contribution in [1.82, 2.24) is 15.1 Å². The number of hydrogen-bond donors (Lipinski definition) is 1. The van der Waals surface area contributed by atoms with Crippen LogP contribution in [0.5, 0.6) is 0 Å². The van der Waals surface area contributed by atoms with Crippen LogP contribution in [0, 0.1) is 17.2 Å². The lowest BCUT2D eigenvalue weighted by Crippen LogP contribution is -2.32. The molecule has 0 aliphatic carbocycles. The number of likely N-dealkylation sites (tertiary alicyclic amines) is 1. The van der Waals surface area contributed by atoms with Gasteiger partial charge in [0.2, 0.25) is 0 Å². The van der Waals surface area contributed by atoms with Gasteiger partial charge in [0, 0.05) is 19.6 Å². The first-order valence-electron chi connectivity index (χ1n) is 6.09. The van der Waals surface area contributed by atoms with Gasteiger partial charge >= 0.3 is 0 Å². The highest BCUT2D eigenvalue weighted by molar-refractivity contribution is 4.89. The molecule has 0 aromatic heterocycles. The monoisotopic (exact) mass is 224 g/mol. The number of nitriles is 1. The Morgan fingerprint density at radius 1 is 1.62 bits per heavy atom. The van der Waals surface area contributed by atoms with E-state index in [2.05, 4.69) is 35.3 Å². The molecular weight excluding hydrogens is 200 g/mol. The number of rotatable bonds is 6. The van der Waals surface area contributed by atoms with Gasteiger partial charge in [-0.2, -0.15) is 5.26 Å². The molecule has 0 aromatic carbocycles. The van der Waals surface area contributed by atoms with E-state index in [1.54, 1.807) is 0 Å². The third-order valence-electron chi connectivity index (χ3n) is 3.36. The third-order valence-corrected chi connectivity index (χ3v) is 3.36. The predicted molar refractivity (Wildman–Crippen MR) is 66.2 cm³/mol. The second-order valence-electron chi connectivity index (χ2n) is 4.94. The van der Waals surface area contributed by atoms with Crippen molar-refractivity contribution < 1.29 is 0 Å².